The first-order valence-electron chi connectivity index (χ1n) is 6.62. The largest absolute Gasteiger partial charge is 0.396 e. The molecule has 1 atom stereocenters. The number of hydrogen-bond donors (Lipinski definition) is 3. The molecule has 5 nitrogen and oxygen atoms in total. The maximum Gasteiger partial charge on any atom is 0.133 e. The lowest BCUT2D eigenvalue weighted by Crippen LogP contribution is -2.17. The third kappa shape index (κ3) is 4.87. The highest BCUT2D eigenvalue weighted by molar-refractivity contribution is 5.47. The van der Waals surface area contributed by atoms with Gasteiger partial charge in [-0.15, -0.1) is 0 Å². The summed E-state index contributed by atoms with van der Waals surface area (Å²) in [5, 5.41) is 15.2. The summed E-state index contributed by atoms with van der Waals surface area (Å²) in [6, 6.07) is 2.21. The average molecular weight is 252 g/mol. The molecule has 18 heavy (non-hydrogen) atoms. The zero-order chi connectivity index (χ0) is 13.4. The minimum absolute atomic E-state index is 0.235. The van der Waals surface area contributed by atoms with Crippen molar-refractivity contribution in [1.82, 2.24) is 9.97 Å². The zero-order valence-corrected chi connectivity index (χ0v) is 11.5. The minimum Gasteiger partial charge on any atom is -0.396 e. The number of nitrogens with zero attached hydrogens (tertiary/aromatic N) is 2. The van der Waals surface area contributed by atoms with E-state index < -0.39 is 0 Å². The third-order valence-electron chi connectivity index (χ3n) is 2.69. The molecule has 0 aromatic carbocycles. The average Bonchev–Trinajstić information content (AvgIpc) is 2.36. The molecule has 0 radical (unpaired) electrons. The van der Waals surface area contributed by atoms with Gasteiger partial charge in [-0.25, -0.2) is 9.97 Å². The SMILES string of the molecule is CCCc1nc(NC)cc(NC(C)CCCO)n1. The summed E-state index contributed by atoms with van der Waals surface area (Å²) < 4.78 is 0. The lowest BCUT2D eigenvalue weighted by molar-refractivity contribution is 0.282. The first-order valence-corrected chi connectivity index (χ1v) is 6.62. The molecule has 1 unspecified atom stereocenters. The summed E-state index contributed by atoms with van der Waals surface area (Å²) >= 11 is 0. The van der Waals surface area contributed by atoms with Crippen LogP contribution in [0.5, 0.6) is 0 Å². The van der Waals surface area contributed by atoms with Crippen LogP contribution in [0.15, 0.2) is 6.07 Å². The van der Waals surface area contributed by atoms with Crippen LogP contribution in [0, 0.1) is 0 Å². The summed E-state index contributed by atoms with van der Waals surface area (Å²) in [6.45, 7) is 4.45. The van der Waals surface area contributed by atoms with E-state index in [0.29, 0.717) is 6.04 Å². The Morgan fingerprint density at radius 2 is 2.06 bits per heavy atom. The predicted octanol–water partition coefficient (Wildman–Crippen LogP) is 2.04. The number of anilines is 2. The van der Waals surface area contributed by atoms with Crippen molar-refractivity contribution in [2.75, 3.05) is 24.3 Å². The number of aryl methyl sites for hydroxylation is 1. The van der Waals surface area contributed by atoms with Gasteiger partial charge in [0.1, 0.15) is 17.5 Å². The highest BCUT2D eigenvalue weighted by Gasteiger charge is 2.06. The van der Waals surface area contributed by atoms with Crippen LogP contribution in [0.4, 0.5) is 11.6 Å². The second kappa shape index (κ2) is 7.87. The van der Waals surface area contributed by atoms with Crippen LogP contribution in [0.3, 0.4) is 0 Å². The molecule has 0 aliphatic heterocycles. The van der Waals surface area contributed by atoms with Crippen molar-refractivity contribution >= 4 is 11.6 Å². The van der Waals surface area contributed by atoms with E-state index in [-0.39, 0.29) is 6.61 Å². The van der Waals surface area contributed by atoms with Gasteiger partial charge >= 0.3 is 0 Å². The number of aliphatic hydroxyl groups excluding tert-OH is 1. The summed E-state index contributed by atoms with van der Waals surface area (Å²) in [5.41, 5.74) is 0. The van der Waals surface area contributed by atoms with E-state index in [1.54, 1.807) is 0 Å². The van der Waals surface area contributed by atoms with E-state index in [1.807, 2.05) is 13.1 Å². The normalized spacial score (nSPS) is 12.2. The molecule has 0 saturated carbocycles. The number of nitrogens with one attached hydrogen (secondary N) is 2. The van der Waals surface area contributed by atoms with E-state index >= 15 is 0 Å². The summed E-state index contributed by atoms with van der Waals surface area (Å²) in [7, 11) is 1.86. The lowest BCUT2D eigenvalue weighted by Gasteiger charge is -2.15. The van der Waals surface area contributed by atoms with Crippen LogP contribution in [-0.2, 0) is 6.42 Å². The van der Waals surface area contributed by atoms with Crippen molar-refractivity contribution in [3.8, 4) is 0 Å². The fourth-order valence-corrected chi connectivity index (χ4v) is 1.76. The molecule has 0 spiro atoms. The van der Waals surface area contributed by atoms with Crippen molar-refractivity contribution in [3.63, 3.8) is 0 Å². The molecule has 1 aromatic heterocycles. The van der Waals surface area contributed by atoms with Crippen LogP contribution in [-0.4, -0.2) is 34.8 Å². The monoisotopic (exact) mass is 252 g/mol. The molecule has 5 heteroatoms. The van der Waals surface area contributed by atoms with Gasteiger partial charge in [-0.2, -0.15) is 0 Å². The highest BCUT2D eigenvalue weighted by atomic mass is 16.2. The Morgan fingerprint density at radius 1 is 1.33 bits per heavy atom. The van der Waals surface area contributed by atoms with Gasteiger partial charge in [0.15, 0.2) is 0 Å². The van der Waals surface area contributed by atoms with E-state index in [2.05, 4.69) is 34.4 Å². The molecule has 0 amide bonds. The fourth-order valence-electron chi connectivity index (χ4n) is 1.76. The zero-order valence-electron chi connectivity index (χ0n) is 11.5. The third-order valence-corrected chi connectivity index (χ3v) is 2.69. The van der Waals surface area contributed by atoms with Gasteiger partial charge in [0, 0.05) is 32.2 Å². The Labute approximate surface area is 109 Å². The molecule has 1 rings (SSSR count). The molecule has 1 aromatic rings. The molecular formula is C13H24N4O. The van der Waals surface area contributed by atoms with Crippen molar-refractivity contribution < 1.29 is 5.11 Å². The van der Waals surface area contributed by atoms with Gasteiger partial charge in [0.2, 0.25) is 0 Å². The van der Waals surface area contributed by atoms with Crippen LogP contribution in [0.2, 0.25) is 0 Å². The van der Waals surface area contributed by atoms with Crippen molar-refractivity contribution in [2.24, 2.45) is 0 Å². The number of aliphatic hydroxyl groups is 1. The topological polar surface area (TPSA) is 70.1 Å². The fraction of sp³-hybridized carbons (Fsp3) is 0.692. The van der Waals surface area contributed by atoms with Gasteiger partial charge in [-0.05, 0) is 26.2 Å². The summed E-state index contributed by atoms with van der Waals surface area (Å²) in [4.78, 5) is 8.90. The number of rotatable bonds is 8. The Bertz CT molecular complexity index is 357. The number of aromatic nitrogens is 2. The molecule has 3 N–H and O–H groups in total. The molecule has 0 aliphatic carbocycles. The molecular weight excluding hydrogens is 228 g/mol. The lowest BCUT2D eigenvalue weighted by atomic mass is 10.2. The molecule has 0 fully saturated rings. The molecule has 0 saturated heterocycles. The van der Waals surface area contributed by atoms with Crippen LogP contribution >= 0.6 is 0 Å². The predicted molar refractivity (Wildman–Crippen MR) is 75.0 cm³/mol. The highest BCUT2D eigenvalue weighted by Crippen LogP contribution is 2.14. The maximum absolute atomic E-state index is 8.81. The van der Waals surface area contributed by atoms with Crippen LogP contribution < -0.4 is 10.6 Å². The van der Waals surface area contributed by atoms with Gasteiger partial charge in [-0.1, -0.05) is 6.92 Å². The van der Waals surface area contributed by atoms with Crippen LogP contribution in [0.25, 0.3) is 0 Å². The quantitative estimate of drug-likeness (QED) is 0.660. The van der Waals surface area contributed by atoms with Gasteiger partial charge in [-0.3, -0.25) is 0 Å². The first-order chi connectivity index (χ1) is 8.69. The molecule has 102 valence electrons. The van der Waals surface area contributed by atoms with E-state index in [1.165, 1.54) is 0 Å². The van der Waals surface area contributed by atoms with Crippen molar-refractivity contribution in [1.29, 1.82) is 0 Å². The molecule has 0 bridgehead atoms. The summed E-state index contributed by atoms with van der Waals surface area (Å²) in [5.74, 6) is 2.55. The van der Waals surface area contributed by atoms with E-state index in [9.17, 15) is 0 Å². The molecule has 0 aliphatic rings. The Morgan fingerprint density at radius 3 is 2.67 bits per heavy atom. The number of hydrogen-bond acceptors (Lipinski definition) is 5. The van der Waals surface area contributed by atoms with Crippen molar-refractivity contribution in [3.05, 3.63) is 11.9 Å². The van der Waals surface area contributed by atoms with Crippen LogP contribution in [0.1, 0.15) is 38.9 Å². The van der Waals surface area contributed by atoms with Gasteiger partial charge < -0.3 is 15.7 Å². The molecule has 1 heterocycles. The second-order valence-corrected chi connectivity index (χ2v) is 4.47. The standard InChI is InChI=1S/C13H24N4O/c1-4-6-11-16-12(14-3)9-13(17-11)15-10(2)7-5-8-18/h9-10,18H,4-8H2,1-3H3,(H2,14,15,16,17). The Balaban J connectivity index is 2.71. The Kier molecular flexibility index (Phi) is 6.43. The van der Waals surface area contributed by atoms with Gasteiger partial charge in [0.25, 0.3) is 0 Å². The minimum atomic E-state index is 0.235. The second-order valence-electron chi connectivity index (χ2n) is 4.47. The maximum atomic E-state index is 8.81. The van der Waals surface area contributed by atoms with Gasteiger partial charge in [0.05, 0.1) is 0 Å². The Hall–Kier alpha value is -1.36. The smallest absolute Gasteiger partial charge is 0.133 e. The van der Waals surface area contributed by atoms with Crippen molar-refractivity contribution in [2.45, 2.75) is 45.6 Å². The van der Waals surface area contributed by atoms with E-state index in [0.717, 1.165) is 43.1 Å². The van der Waals surface area contributed by atoms with E-state index in [4.69, 9.17) is 5.11 Å². The summed E-state index contributed by atoms with van der Waals surface area (Å²) in [6.07, 6.45) is 3.65. The first kappa shape index (κ1) is 14.7.